The molecule has 0 aliphatic rings. The molecule has 0 fully saturated rings. The zero-order valence-corrected chi connectivity index (χ0v) is 8.78. The van der Waals surface area contributed by atoms with E-state index in [1.807, 2.05) is 0 Å². The van der Waals surface area contributed by atoms with E-state index in [0.717, 1.165) is 5.92 Å². The van der Waals surface area contributed by atoms with Crippen molar-refractivity contribution in [2.45, 2.75) is 31.2 Å². The maximum Gasteiger partial charge on any atom is -1.00 e. The third kappa shape index (κ3) is 10.3. The normalized spacial score (nSPS) is 9.12. The molecule has 46 valence electrons. The van der Waals surface area contributed by atoms with Crippen LogP contribution >= 0.6 is 0 Å². The summed E-state index contributed by atoms with van der Waals surface area (Å²) in [6.45, 7) is 4.55. The van der Waals surface area contributed by atoms with Gasteiger partial charge in [0, 0.05) is 0 Å². The maximum atomic E-state index is 2.28. The Labute approximate surface area is 75.6 Å². The molecule has 0 aliphatic carbocycles. The molecule has 0 aromatic carbocycles. The van der Waals surface area contributed by atoms with Crippen LogP contribution in [0.2, 0.25) is 4.55 Å². The van der Waals surface area contributed by atoms with Crippen molar-refractivity contribution in [2.75, 3.05) is 0 Å². The Bertz CT molecular complexity index is 37.5. The van der Waals surface area contributed by atoms with E-state index in [1.54, 1.807) is 0 Å². The van der Waals surface area contributed by atoms with Gasteiger partial charge in [-0.3, -0.25) is 0 Å². The molecule has 0 amide bonds. The molecule has 0 atom stereocenters. The smallest absolute Gasteiger partial charge is 1.00 e. The van der Waals surface area contributed by atoms with Crippen molar-refractivity contribution in [3.05, 3.63) is 0 Å². The Balaban J connectivity index is 0. The minimum atomic E-state index is 0. The molecule has 0 bridgehead atoms. The van der Waals surface area contributed by atoms with Crippen LogP contribution in [-0.2, 0) is 0 Å². The average Bonchev–Trinajstić information content (AvgIpc) is 1.61. The first kappa shape index (κ1) is 12.0. The van der Waals surface area contributed by atoms with E-state index in [2.05, 4.69) is 35.6 Å². The van der Waals surface area contributed by atoms with E-state index >= 15 is 0 Å². The Kier molecular flexibility index (Phi) is 12.3. The predicted molar refractivity (Wildman–Crippen MR) is 34.6 cm³/mol. The topological polar surface area (TPSA) is 0 Å². The maximum absolute atomic E-state index is 2.28. The van der Waals surface area contributed by atoms with E-state index in [4.69, 9.17) is 0 Å². The Morgan fingerprint density at radius 2 is 1.88 bits per heavy atom. The summed E-state index contributed by atoms with van der Waals surface area (Å²) in [5.41, 5.74) is 0. The molecule has 0 N–H and O–H groups in total. The molecular weight excluding hydrogens is 176 g/mol. The molecule has 0 saturated heterocycles. The van der Waals surface area contributed by atoms with Gasteiger partial charge >= 0.3 is 58.9 Å². The second-order valence-electron chi connectivity index (χ2n) is 2.39. The molecule has 2 heteroatoms. The molecule has 0 radical (unpaired) electrons. The molecule has 0 aliphatic heterocycles. The van der Waals surface area contributed by atoms with Gasteiger partial charge in [-0.25, -0.2) is 0 Å². The van der Waals surface area contributed by atoms with Gasteiger partial charge < -0.3 is 17.0 Å². The second-order valence-corrected chi connectivity index (χ2v) is 3.10. The van der Waals surface area contributed by atoms with Crippen LogP contribution in [0.3, 0.4) is 0 Å². The van der Waals surface area contributed by atoms with Gasteiger partial charge in [0.2, 0.25) is 0 Å². The predicted octanol–water partition coefficient (Wildman–Crippen LogP) is -0.987. The van der Waals surface area contributed by atoms with Crippen LogP contribution in [0.4, 0.5) is 0 Å². The fourth-order valence-electron chi connectivity index (χ4n) is 0.553. The van der Waals surface area contributed by atoms with Gasteiger partial charge in [-0.2, -0.15) is 0 Å². The van der Waals surface area contributed by atoms with Crippen LogP contribution in [-0.4, -0.2) is 21.7 Å². The van der Waals surface area contributed by atoms with Crippen molar-refractivity contribution in [1.29, 1.82) is 0 Å². The molecule has 0 aromatic heterocycles. The number of hydrogen-bond acceptors (Lipinski definition) is 0. The van der Waals surface area contributed by atoms with E-state index in [0.29, 0.717) is 0 Å². The molecule has 0 unspecified atom stereocenters. The largest absolute Gasteiger partial charge is 1.00 e. The zero-order valence-electron chi connectivity index (χ0n) is 5.78. The Morgan fingerprint density at radius 1 is 1.38 bits per heavy atom. The monoisotopic (exact) mass is 188 g/mol. The SMILES string of the molecule is CC(C)CC[CH2][Mg+].[Br-]. The Hall–Kier alpha value is 1.25. The number of hydrogen-bond donors (Lipinski definition) is 0. The quantitative estimate of drug-likeness (QED) is 0.500. The van der Waals surface area contributed by atoms with Gasteiger partial charge in [0.25, 0.3) is 0 Å². The van der Waals surface area contributed by atoms with Gasteiger partial charge in [0.05, 0.1) is 0 Å². The third-order valence-corrected chi connectivity index (χ3v) is 1.53. The molecular formula is C6H13BrMg. The van der Waals surface area contributed by atoms with Crippen LogP contribution in [0.5, 0.6) is 0 Å². The first-order chi connectivity index (χ1) is 3.27. The third-order valence-electron chi connectivity index (χ3n) is 1.03. The summed E-state index contributed by atoms with van der Waals surface area (Å²) in [6.07, 6.45) is 2.82. The van der Waals surface area contributed by atoms with Crippen LogP contribution in [0.25, 0.3) is 0 Å². The standard InChI is InChI=1S/C6H13.BrH.Mg/c1-4-5-6(2)3;;/h6H,1,4-5H2,2-3H3;1H;/q;;+1/p-1. The molecule has 0 aromatic rings. The van der Waals surface area contributed by atoms with E-state index in [-0.39, 0.29) is 17.0 Å². The van der Waals surface area contributed by atoms with Crippen LogP contribution in [0, 0.1) is 5.92 Å². The Morgan fingerprint density at radius 3 is 2.00 bits per heavy atom. The summed E-state index contributed by atoms with van der Waals surface area (Å²) in [5, 5.41) is 0. The summed E-state index contributed by atoms with van der Waals surface area (Å²) in [6, 6.07) is 0. The summed E-state index contributed by atoms with van der Waals surface area (Å²) < 4.78 is 1.37. The fourth-order valence-corrected chi connectivity index (χ4v) is 0.841. The van der Waals surface area contributed by atoms with Crippen molar-refractivity contribution < 1.29 is 17.0 Å². The average molecular weight is 189 g/mol. The minimum Gasteiger partial charge on any atom is -1.00 e. The van der Waals surface area contributed by atoms with Gasteiger partial charge in [-0.1, -0.05) is 0 Å². The molecule has 0 spiro atoms. The van der Waals surface area contributed by atoms with Gasteiger partial charge in [0.15, 0.2) is 0 Å². The summed E-state index contributed by atoms with van der Waals surface area (Å²) in [7, 11) is 0. The van der Waals surface area contributed by atoms with E-state index in [1.165, 1.54) is 17.4 Å². The van der Waals surface area contributed by atoms with Crippen molar-refractivity contribution in [3.8, 4) is 0 Å². The number of halogens is 1. The van der Waals surface area contributed by atoms with Gasteiger partial charge in [-0.05, 0) is 0 Å². The van der Waals surface area contributed by atoms with Gasteiger partial charge in [0.1, 0.15) is 0 Å². The first-order valence-electron chi connectivity index (χ1n) is 3.06. The molecule has 0 heterocycles. The zero-order chi connectivity index (χ0) is 5.70. The van der Waals surface area contributed by atoms with Crippen LogP contribution in [0.1, 0.15) is 26.7 Å². The molecule has 8 heavy (non-hydrogen) atoms. The van der Waals surface area contributed by atoms with E-state index < -0.39 is 0 Å². The van der Waals surface area contributed by atoms with E-state index in [9.17, 15) is 0 Å². The minimum absolute atomic E-state index is 0. The van der Waals surface area contributed by atoms with Crippen molar-refractivity contribution >= 4 is 21.7 Å². The van der Waals surface area contributed by atoms with Crippen molar-refractivity contribution in [2.24, 2.45) is 5.92 Å². The molecule has 0 rings (SSSR count). The molecule has 0 nitrogen and oxygen atoms in total. The number of rotatable bonds is 3. The van der Waals surface area contributed by atoms with Crippen molar-refractivity contribution in [3.63, 3.8) is 0 Å². The van der Waals surface area contributed by atoms with Crippen LogP contribution in [0.15, 0.2) is 0 Å². The fraction of sp³-hybridized carbons (Fsp3) is 1.00. The van der Waals surface area contributed by atoms with Crippen molar-refractivity contribution in [1.82, 2.24) is 0 Å². The summed E-state index contributed by atoms with van der Waals surface area (Å²) in [4.78, 5) is 0. The summed E-state index contributed by atoms with van der Waals surface area (Å²) >= 11 is 2.07. The van der Waals surface area contributed by atoms with Gasteiger partial charge in [-0.15, -0.1) is 0 Å². The summed E-state index contributed by atoms with van der Waals surface area (Å²) in [5.74, 6) is 0.907. The van der Waals surface area contributed by atoms with Crippen LogP contribution < -0.4 is 17.0 Å². The molecule has 0 saturated carbocycles. The second kappa shape index (κ2) is 8.25. The first-order valence-corrected chi connectivity index (χ1v) is 4.06.